The average Bonchev–Trinajstić information content (AvgIpc) is 2.37. The van der Waals surface area contributed by atoms with Gasteiger partial charge < -0.3 is 10.1 Å². The van der Waals surface area contributed by atoms with Crippen LogP contribution in [0.1, 0.15) is 43.6 Å². The van der Waals surface area contributed by atoms with E-state index in [1.54, 1.807) is 0 Å². The number of hydrogen-bond donors (Lipinski definition) is 1. The zero-order valence-corrected chi connectivity index (χ0v) is 12.9. The molecule has 0 aromatic heterocycles. The van der Waals surface area contributed by atoms with E-state index in [0.29, 0.717) is 5.92 Å². The van der Waals surface area contributed by atoms with Gasteiger partial charge in [-0.15, -0.1) is 0 Å². The SMILES string of the molecule is Brc1cc(OCC2CCC2)cc(C2CCNCC2)c1. The molecule has 1 aromatic rings. The molecule has 1 aromatic carbocycles. The van der Waals surface area contributed by atoms with Crippen LogP contribution < -0.4 is 10.1 Å². The van der Waals surface area contributed by atoms with E-state index in [1.807, 2.05) is 0 Å². The molecular formula is C16H22BrNO. The number of halogens is 1. The molecule has 19 heavy (non-hydrogen) atoms. The van der Waals surface area contributed by atoms with Crippen LogP contribution in [0.2, 0.25) is 0 Å². The van der Waals surface area contributed by atoms with Crippen LogP contribution >= 0.6 is 15.9 Å². The molecule has 0 unspecified atom stereocenters. The van der Waals surface area contributed by atoms with Gasteiger partial charge in [0.05, 0.1) is 6.61 Å². The summed E-state index contributed by atoms with van der Waals surface area (Å²) in [6.07, 6.45) is 6.54. The molecule has 0 bridgehead atoms. The van der Waals surface area contributed by atoms with E-state index in [1.165, 1.54) is 37.7 Å². The van der Waals surface area contributed by atoms with Crippen LogP contribution in [0.5, 0.6) is 5.75 Å². The maximum atomic E-state index is 5.98. The highest BCUT2D eigenvalue weighted by Crippen LogP contribution is 2.32. The maximum absolute atomic E-state index is 5.98. The first-order valence-electron chi connectivity index (χ1n) is 7.45. The Morgan fingerprint density at radius 2 is 1.89 bits per heavy atom. The van der Waals surface area contributed by atoms with Crippen molar-refractivity contribution >= 4 is 15.9 Å². The van der Waals surface area contributed by atoms with Gasteiger partial charge in [-0.1, -0.05) is 22.4 Å². The zero-order chi connectivity index (χ0) is 13.1. The van der Waals surface area contributed by atoms with Crippen molar-refractivity contribution < 1.29 is 4.74 Å². The number of nitrogens with one attached hydrogen (secondary N) is 1. The summed E-state index contributed by atoms with van der Waals surface area (Å²) in [6.45, 7) is 3.16. The maximum Gasteiger partial charge on any atom is 0.120 e. The minimum absolute atomic E-state index is 0.685. The molecule has 1 aliphatic carbocycles. The number of piperidine rings is 1. The minimum Gasteiger partial charge on any atom is -0.493 e. The Bertz CT molecular complexity index is 425. The molecule has 0 atom stereocenters. The lowest BCUT2D eigenvalue weighted by atomic mass is 9.86. The quantitative estimate of drug-likeness (QED) is 0.900. The zero-order valence-electron chi connectivity index (χ0n) is 11.3. The summed E-state index contributed by atoms with van der Waals surface area (Å²) in [6, 6.07) is 6.61. The van der Waals surface area contributed by atoms with Gasteiger partial charge in [0.25, 0.3) is 0 Å². The number of hydrogen-bond acceptors (Lipinski definition) is 2. The van der Waals surface area contributed by atoms with E-state index in [2.05, 4.69) is 39.4 Å². The first-order valence-corrected chi connectivity index (χ1v) is 8.24. The number of rotatable bonds is 4. The summed E-state index contributed by atoms with van der Waals surface area (Å²) >= 11 is 3.62. The summed E-state index contributed by atoms with van der Waals surface area (Å²) in [5, 5.41) is 3.43. The second kappa shape index (κ2) is 6.27. The van der Waals surface area contributed by atoms with Crippen molar-refractivity contribution in [3.63, 3.8) is 0 Å². The third-order valence-electron chi connectivity index (χ3n) is 4.41. The lowest BCUT2D eigenvalue weighted by Gasteiger charge is -2.26. The second-order valence-electron chi connectivity index (χ2n) is 5.85. The van der Waals surface area contributed by atoms with Crippen LogP contribution in [0.15, 0.2) is 22.7 Å². The van der Waals surface area contributed by atoms with Crippen molar-refractivity contribution in [3.8, 4) is 5.75 Å². The normalized spacial score (nSPS) is 21.1. The Labute approximate surface area is 124 Å². The first kappa shape index (κ1) is 13.4. The van der Waals surface area contributed by atoms with E-state index in [0.717, 1.165) is 35.8 Å². The monoisotopic (exact) mass is 323 g/mol. The molecule has 0 spiro atoms. The van der Waals surface area contributed by atoms with Crippen LogP contribution in [0.3, 0.4) is 0 Å². The van der Waals surface area contributed by atoms with Gasteiger partial charge >= 0.3 is 0 Å². The van der Waals surface area contributed by atoms with Gasteiger partial charge in [0.2, 0.25) is 0 Å². The van der Waals surface area contributed by atoms with E-state index in [9.17, 15) is 0 Å². The van der Waals surface area contributed by atoms with Crippen LogP contribution in [0.25, 0.3) is 0 Å². The predicted octanol–water partition coefficient (Wildman–Crippen LogP) is 4.10. The Kier molecular flexibility index (Phi) is 4.44. The fourth-order valence-electron chi connectivity index (χ4n) is 2.93. The molecule has 0 amide bonds. The number of ether oxygens (including phenoxy) is 1. The van der Waals surface area contributed by atoms with Gasteiger partial charge in [0.15, 0.2) is 0 Å². The molecule has 2 fully saturated rings. The third-order valence-corrected chi connectivity index (χ3v) is 4.87. The standard InChI is InChI=1S/C16H22BrNO/c17-15-8-14(13-4-6-18-7-5-13)9-16(10-15)19-11-12-2-1-3-12/h8-10,12-13,18H,1-7,11H2. The Balaban J connectivity index is 1.67. The van der Waals surface area contributed by atoms with Gasteiger partial charge in [-0.3, -0.25) is 0 Å². The van der Waals surface area contributed by atoms with Gasteiger partial charge in [-0.2, -0.15) is 0 Å². The highest BCUT2D eigenvalue weighted by Gasteiger charge is 2.19. The van der Waals surface area contributed by atoms with Gasteiger partial charge in [0.1, 0.15) is 5.75 Å². The van der Waals surface area contributed by atoms with E-state index in [4.69, 9.17) is 4.74 Å². The van der Waals surface area contributed by atoms with Crippen molar-refractivity contribution in [1.82, 2.24) is 5.32 Å². The molecule has 1 N–H and O–H groups in total. The highest BCUT2D eigenvalue weighted by atomic mass is 79.9. The van der Waals surface area contributed by atoms with Crippen LogP contribution in [-0.2, 0) is 0 Å². The van der Waals surface area contributed by atoms with Crippen molar-refractivity contribution in [2.75, 3.05) is 19.7 Å². The molecule has 1 saturated heterocycles. The lowest BCUT2D eigenvalue weighted by molar-refractivity contribution is 0.180. The van der Waals surface area contributed by atoms with Gasteiger partial charge in [-0.25, -0.2) is 0 Å². The van der Waals surface area contributed by atoms with Crippen molar-refractivity contribution in [3.05, 3.63) is 28.2 Å². The molecule has 1 saturated carbocycles. The van der Waals surface area contributed by atoms with Crippen molar-refractivity contribution in [1.29, 1.82) is 0 Å². The van der Waals surface area contributed by atoms with Crippen molar-refractivity contribution in [2.45, 2.75) is 38.0 Å². The fraction of sp³-hybridized carbons (Fsp3) is 0.625. The summed E-state index contributed by atoms with van der Waals surface area (Å²) in [4.78, 5) is 0. The van der Waals surface area contributed by atoms with Crippen LogP contribution in [-0.4, -0.2) is 19.7 Å². The number of benzene rings is 1. The third kappa shape index (κ3) is 3.51. The van der Waals surface area contributed by atoms with Crippen LogP contribution in [0.4, 0.5) is 0 Å². The molecule has 3 heteroatoms. The summed E-state index contributed by atoms with van der Waals surface area (Å²) in [7, 11) is 0. The second-order valence-corrected chi connectivity index (χ2v) is 6.77. The van der Waals surface area contributed by atoms with Crippen molar-refractivity contribution in [2.24, 2.45) is 5.92 Å². The Morgan fingerprint density at radius 3 is 2.58 bits per heavy atom. The molecule has 3 rings (SSSR count). The van der Waals surface area contributed by atoms with Gasteiger partial charge in [0, 0.05) is 4.47 Å². The molecule has 1 heterocycles. The summed E-state index contributed by atoms with van der Waals surface area (Å²) in [5.41, 5.74) is 1.43. The summed E-state index contributed by atoms with van der Waals surface area (Å²) < 4.78 is 7.12. The molecular weight excluding hydrogens is 302 g/mol. The Morgan fingerprint density at radius 1 is 1.11 bits per heavy atom. The predicted molar refractivity (Wildman–Crippen MR) is 81.8 cm³/mol. The van der Waals surface area contributed by atoms with Gasteiger partial charge in [-0.05, 0) is 74.4 Å². The van der Waals surface area contributed by atoms with Crippen LogP contribution in [0, 0.1) is 5.92 Å². The first-order chi connectivity index (χ1) is 9.31. The largest absolute Gasteiger partial charge is 0.493 e. The topological polar surface area (TPSA) is 21.3 Å². The smallest absolute Gasteiger partial charge is 0.120 e. The van der Waals surface area contributed by atoms with E-state index >= 15 is 0 Å². The molecule has 0 radical (unpaired) electrons. The lowest BCUT2D eigenvalue weighted by Crippen LogP contribution is -2.26. The Hall–Kier alpha value is -0.540. The van der Waals surface area contributed by atoms with E-state index < -0.39 is 0 Å². The highest BCUT2D eigenvalue weighted by molar-refractivity contribution is 9.10. The molecule has 2 aliphatic rings. The molecule has 1 aliphatic heterocycles. The van der Waals surface area contributed by atoms with E-state index in [-0.39, 0.29) is 0 Å². The summed E-state index contributed by atoms with van der Waals surface area (Å²) in [5.74, 6) is 2.51. The molecule has 2 nitrogen and oxygen atoms in total. The molecule has 104 valence electrons. The fourth-order valence-corrected chi connectivity index (χ4v) is 3.42. The minimum atomic E-state index is 0.685. The average molecular weight is 324 g/mol.